The van der Waals surface area contributed by atoms with E-state index in [-0.39, 0.29) is 0 Å². The molecule has 2 saturated heterocycles. The lowest BCUT2D eigenvalue weighted by molar-refractivity contribution is 0.173. The summed E-state index contributed by atoms with van der Waals surface area (Å²) in [5, 5.41) is 1.07. The van der Waals surface area contributed by atoms with Gasteiger partial charge in [-0.3, -0.25) is 0 Å². The largest absolute Gasteiger partial charge is 0.564 e. The lowest BCUT2D eigenvalue weighted by Crippen LogP contribution is -2.34. The number of rotatable bonds is 4. The molecule has 0 saturated carbocycles. The van der Waals surface area contributed by atoms with E-state index in [1.807, 2.05) is 32.0 Å². The first kappa shape index (κ1) is 16.7. The van der Waals surface area contributed by atoms with Crippen LogP contribution in [0.5, 0.6) is 0 Å². The molecule has 0 N–H and O–H groups in total. The molecule has 132 valence electrons. The molecule has 0 spiro atoms. The van der Waals surface area contributed by atoms with Gasteiger partial charge in [0.05, 0.1) is 5.76 Å². The Morgan fingerprint density at radius 2 is 2.20 bits per heavy atom. The smallest absolute Gasteiger partial charge is 0.534 e. The molecule has 2 aliphatic rings. The maximum Gasteiger partial charge on any atom is 0.564 e. The van der Waals surface area contributed by atoms with Crippen molar-refractivity contribution in [2.45, 2.75) is 51.7 Å². The minimum absolute atomic E-state index is 0.421. The van der Waals surface area contributed by atoms with E-state index in [1.54, 1.807) is 0 Å². The number of likely N-dealkylation sites (tertiary alicyclic amines) is 1. The van der Waals surface area contributed by atoms with E-state index in [0.29, 0.717) is 11.8 Å². The highest BCUT2D eigenvalue weighted by Gasteiger charge is 2.43. The Balaban J connectivity index is 1.56. The average molecular weight is 339 g/mol. The van der Waals surface area contributed by atoms with Gasteiger partial charge in [0.15, 0.2) is 0 Å². The highest BCUT2D eigenvalue weighted by atomic mass is 16.7. The highest BCUT2D eigenvalue weighted by molar-refractivity contribution is 6.65. The number of hydrogen-bond acceptors (Lipinski definition) is 4. The second-order valence-corrected chi connectivity index (χ2v) is 7.75. The van der Waals surface area contributed by atoms with Crippen LogP contribution in [0.4, 0.5) is 0 Å². The summed E-state index contributed by atoms with van der Waals surface area (Å²) in [4.78, 5) is 2.55. The molecule has 1 aromatic heterocycles. The van der Waals surface area contributed by atoms with Crippen molar-refractivity contribution in [1.29, 1.82) is 0 Å². The van der Waals surface area contributed by atoms with Gasteiger partial charge in [-0.05, 0) is 52.3 Å². The van der Waals surface area contributed by atoms with E-state index < -0.39 is 12.7 Å². The zero-order chi connectivity index (χ0) is 17.6. The molecule has 4 rings (SSSR count). The number of fused-ring (bicyclic) bond motifs is 1. The monoisotopic (exact) mass is 339 g/mol. The lowest BCUT2D eigenvalue weighted by Gasteiger charge is -2.19. The molecule has 2 fully saturated rings. The van der Waals surface area contributed by atoms with Crippen LogP contribution < -0.4 is 5.46 Å². The summed E-state index contributed by atoms with van der Waals surface area (Å²) >= 11 is 0. The summed E-state index contributed by atoms with van der Waals surface area (Å²) < 4.78 is 18.0. The number of benzene rings is 1. The van der Waals surface area contributed by atoms with Gasteiger partial charge in [0.25, 0.3) is 0 Å². The van der Waals surface area contributed by atoms with Gasteiger partial charge in [-0.2, -0.15) is 0 Å². The maximum absolute atomic E-state index is 6.08. The molecule has 2 aromatic rings. The second-order valence-electron chi connectivity index (χ2n) is 7.75. The average Bonchev–Trinajstić information content (AvgIpc) is 3.23. The molecule has 2 aliphatic heterocycles. The Kier molecular flexibility index (Phi) is 4.16. The first-order chi connectivity index (χ1) is 11.9. The molecule has 1 aromatic carbocycles. The molecule has 5 heteroatoms. The topological polar surface area (TPSA) is 34.8 Å². The Morgan fingerprint density at radius 3 is 2.88 bits per heavy atom. The molecule has 0 unspecified atom stereocenters. The van der Waals surface area contributed by atoms with Crippen molar-refractivity contribution in [1.82, 2.24) is 4.90 Å². The van der Waals surface area contributed by atoms with Crippen molar-refractivity contribution < 1.29 is 13.7 Å². The number of nitrogens with zero attached hydrogens (tertiary/aromatic N) is 1. The fourth-order valence-electron chi connectivity index (χ4n) is 3.80. The Hall–Kier alpha value is -1.72. The van der Waals surface area contributed by atoms with E-state index in [4.69, 9.17) is 13.7 Å². The maximum atomic E-state index is 6.08. The van der Waals surface area contributed by atoms with E-state index >= 15 is 0 Å². The standard InChI is InChI=1S/C20H26BNO3/c1-14-7-6-11-22(14)12-10-16-13-17-18(8-5-9-19(17)23-16)21-24-15(2)20(3,4)25-21/h5,8-9,13-14H,2,6-7,10-12H2,1,3-4H3/t14-/m1/s1. The van der Waals surface area contributed by atoms with Crippen molar-refractivity contribution in [3.05, 3.63) is 42.4 Å². The Morgan fingerprint density at radius 1 is 1.36 bits per heavy atom. The van der Waals surface area contributed by atoms with Crippen LogP contribution in [0.2, 0.25) is 0 Å². The quantitative estimate of drug-likeness (QED) is 0.799. The summed E-state index contributed by atoms with van der Waals surface area (Å²) in [5.74, 6) is 1.69. The van der Waals surface area contributed by atoms with Crippen molar-refractivity contribution >= 4 is 23.6 Å². The van der Waals surface area contributed by atoms with Gasteiger partial charge in [0.2, 0.25) is 0 Å². The van der Waals surface area contributed by atoms with Gasteiger partial charge >= 0.3 is 7.12 Å². The van der Waals surface area contributed by atoms with E-state index in [1.165, 1.54) is 19.4 Å². The molecular formula is C20H26BNO3. The van der Waals surface area contributed by atoms with E-state index in [9.17, 15) is 0 Å². The molecule has 0 amide bonds. The fraction of sp³-hybridized carbons (Fsp3) is 0.500. The zero-order valence-electron chi connectivity index (χ0n) is 15.4. The van der Waals surface area contributed by atoms with Crippen molar-refractivity contribution in [3.8, 4) is 0 Å². The van der Waals surface area contributed by atoms with Crippen LogP contribution >= 0.6 is 0 Å². The fourth-order valence-corrected chi connectivity index (χ4v) is 3.80. The number of hydrogen-bond donors (Lipinski definition) is 0. The predicted octanol–water partition coefficient (Wildman–Crippen LogP) is 3.49. The van der Waals surface area contributed by atoms with Crippen LogP contribution in [0.3, 0.4) is 0 Å². The third-order valence-electron chi connectivity index (χ3n) is 5.56. The highest BCUT2D eigenvalue weighted by Crippen LogP contribution is 2.30. The Bertz CT molecular complexity index is 797. The van der Waals surface area contributed by atoms with E-state index in [0.717, 1.165) is 35.2 Å². The van der Waals surface area contributed by atoms with Crippen LogP contribution in [0.15, 0.2) is 41.0 Å². The van der Waals surface area contributed by atoms with Crippen molar-refractivity contribution in [2.75, 3.05) is 13.1 Å². The normalized spacial score (nSPS) is 23.6. The molecule has 25 heavy (non-hydrogen) atoms. The molecular weight excluding hydrogens is 313 g/mol. The number of furan rings is 1. The van der Waals surface area contributed by atoms with Crippen LogP contribution in [-0.2, 0) is 15.7 Å². The van der Waals surface area contributed by atoms with Gasteiger partial charge in [0.1, 0.15) is 16.9 Å². The zero-order valence-corrected chi connectivity index (χ0v) is 15.4. The van der Waals surface area contributed by atoms with Crippen molar-refractivity contribution in [2.24, 2.45) is 0 Å². The molecule has 4 nitrogen and oxygen atoms in total. The summed E-state index contributed by atoms with van der Waals surface area (Å²) in [6.45, 7) is 12.5. The summed E-state index contributed by atoms with van der Waals surface area (Å²) in [7, 11) is -0.421. The van der Waals surface area contributed by atoms with Crippen LogP contribution in [0.25, 0.3) is 11.0 Å². The second kappa shape index (κ2) is 6.22. The lowest BCUT2D eigenvalue weighted by atomic mass is 9.77. The molecule has 0 radical (unpaired) electrons. The minimum Gasteiger partial charge on any atom is -0.534 e. The van der Waals surface area contributed by atoms with Gasteiger partial charge in [-0.15, -0.1) is 0 Å². The van der Waals surface area contributed by atoms with Crippen LogP contribution in [-0.4, -0.2) is 36.8 Å². The van der Waals surface area contributed by atoms with Crippen LogP contribution in [0.1, 0.15) is 39.4 Å². The van der Waals surface area contributed by atoms with Crippen molar-refractivity contribution in [3.63, 3.8) is 0 Å². The van der Waals surface area contributed by atoms with Gasteiger partial charge in [-0.1, -0.05) is 18.7 Å². The van der Waals surface area contributed by atoms with Gasteiger partial charge < -0.3 is 18.6 Å². The minimum atomic E-state index is -0.467. The third kappa shape index (κ3) is 3.11. The summed E-state index contributed by atoms with van der Waals surface area (Å²) in [5.41, 5.74) is 1.43. The van der Waals surface area contributed by atoms with Gasteiger partial charge in [-0.25, -0.2) is 0 Å². The third-order valence-corrected chi connectivity index (χ3v) is 5.56. The summed E-state index contributed by atoms with van der Waals surface area (Å²) in [6, 6.07) is 8.88. The van der Waals surface area contributed by atoms with Gasteiger partial charge in [0, 0.05) is 29.9 Å². The first-order valence-corrected chi connectivity index (χ1v) is 9.23. The molecule has 0 bridgehead atoms. The first-order valence-electron chi connectivity index (χ1n) is 9.23. The molecule has 3 heterocycles. The summed E-state index contributed by atoms with van der Waals surface area (Å²) in [6.07, 6.45) is 3.55. The SMILES string of the molecule is C=C1OB(c2cccc3oc(CCN4CCC[C@H]4C)cc23)OC1(C)C. The predicted molar refractivity (Wildman–Crippen MR) is 101 cm³/mol. The molecule has 1 atom stereocenters. The molecule has 0 aliphatic carbocycles. The van der Waals surface area contributed by atoms with E-state index in [2.05, 4.69) is 24.5 Å². The van der Waals surface area contributed by atoms with Crippen LogP contribution in [0, 0.1) is 0 Å². The Labute approximate surface area is 149 Å².